The zero-order valence-electron chi connectivity index (χ0n) is 17.5. The van der Waals surface area contributed by atoms with E-state index in [1.807, 2.05) is 6.92 Å². The summed E-state index contributed by atoms with van der Waals surface area (Å²) in [5.74, 6) is -1.28. The van der Waals surface area contributed by atoms with Crippen LogP contribution in [0.1, 0.15) is 46.0 Å². The maximum absolute atomic E-state index is 13.1. The molecule has 168 valence electrons. The molecule has 0 radical (unpaired) electrons. The summed E-state index contributed by atoms with van der Waals surface area (Å²) in [5.41, 5.74) is -0.546. The average molecular weight is 469 g/mol. The number of anilines is 1. The van der Waals surface area contributed by atoms with Gasteiger partial charge in [-0.15, -0.1) is 0 Å². The van der Waals surface area contributed by atoms with Crippen molar-refractivity contribution in [3.05, 3.63) is 28.2 Å². The lowest BCUT2D eigenvalue weighted by Gasteiger charge is -2.29. The highest BCUT2D eigenvalue weighted by Gasteiger charge is 2.54. The molecule has 0 aromatic heterocycles. The number of urea groups is 1. The molecule has 5 amide bonds. The third kappa shape index (κ3) is 4.80. The first-order valence-corrected chi connectivity index (χ1v) is 11.1. The van der Waals surface area contributed by atoms with Crippen molar-refractivity contribution in [3.8, 4) is 0 Å². The van der Waals surface area contributed by atoms with Gasteiger partial charge < -0.3 is 15.5 Å². The predicted molar refractivity (Wildman–Crippen MR) is 118 cm³/mol. The summed E-state index contributed by atoms with van der Waals surface area (Å²) in [6.07, 6.45) is 3.48. The Hall–Kier alpha value is -2.32. The van der Waals surface area contributed by atoms with Crippen LogP contribution in [0.25, 0.3) is 0 Å². The number of carbonyl (C=O) groups excluding carboxylic acids is 4. The van der Waals surface area contributed by atoms with Crippen molar-refractivity contribution < 1.29 is 19.2 Å². The van der Waals surface area contributed by atoms with Crippen molar-refractivity contribution in [1.29, 1.82) is 0 Å². The molecule has 1 saturated carbocycles. The quantitative estimate of drug-likeness (QED) is 0.598. The topological polar surface area (TPSA) is 98.8 Å². The predicted octanol–water partition coefficient (Wildman–Crippen LogP) is 3.42. The fourth-order valence-corrected chi connectivity index (χ4v) is 4.52. The van der Waals surface area contributed by atoms with E-state index in [-0.39, 0.29) is 12.5 Å². The molecule has 8 nitrogen and oxygen atoms in total. The lowest BCUT2D eigenvalue weighted by molar-refractivity contribution is -0.143. The van der Waals surface area contributed by atoms with E-state index in [1.165, 1.54) is 17.9 Å². The molecule has 3 rings (SSSR count). The smallest absolute Gasteiger partial charge is 0.325 e. The molecule has 10 heteroatoms. The molecule has 2 fully saturated rings. The van der Waals surface area contributed by atoms with Crippen molar-refractivity contribution in [2.24, 2.45) is 0 Å². The molecule has 1 heterocycles. The van der Waals surface area contributed by atoms with Crippen LogP contribution < -0.4 is 10.6 Å². The average Bonchev–Trinajstić information content (AvgIpc) is 3.28. The number of benzene rings is 1. The second-order valence-corrected chi connectivity index (χ2v) is 8.85. The van der Waals surface area contributed by atoms with Crippen LogP contribution in [0.15, 0.2) is 18.2 Å². The Morgan fingerprint density at radius 2 is 1.94 bits per heavy atom. The van der Waals surface area contributed by atoms with E-state index in [9.17, 15) is 19.2 Å². The molecule has 1 atom stereocenters. The lowest BCUT2D eigenvalue weighted by Crippen LogP contribution is -2.52. The molecule has 1 aliphatic carbocycles. The molecule has 1 spiro atoms. The minimum absolute atomic E-state index is 0.241. The van der Waals surface area contributed by atoms with Crippen molar-refractivity contribution >= 4 is 52.6 Å². The van der Waals surface area contributed by atoms with Gasteiger partial charge in [0.25, 0.3) is 5.91 Å². The Morgan fingerprint density at radius 3 is 2.58 bits per heavy atom. The monoisotopic (exact) mass is 468 g/mol. The van der Waals surface area contributed by atoms with E-state index in [2.05, 4.69) is 10.6 Å². The maximum atomic E-state index is 13.1. The fourth-order valence-electron chi connectivity index (χ4n) is 4.18. The van der Waals surface area contributed by atoms with Crippen LogP contribution >= 0.6 is 23.2 Å². The van der Waals surface area contributed by atoms with Crippen molar-refractivity contribution in [3.63, 3.8) is 0 Å². The molecule has 1 aromatic carbocycles. The Bertz CT molecular complexity index is 901. The maximum Gasteiger partial charge on any atom is 0.325 e. The summed E-state index contributed by atoms with van der Waals surface area (Å²) >= 11 is 12.0. The van der Waals surface area contributed by atoms with Gasteiger partial charge in [0, 0.05) is 11.6 Å². The Labute approximate surface area is 191 Å². The van der Waals surface area contributed by atoms with E-state index in [0.717, 1.165) is 17.7 Å². The number of hydrogen-bond donors (Lipinski definition) is 2. The number of amides is 5. The molecule has 1 unspecified atom stereocenters. The van der Waals surface area contributed by atoms with Crippen molar-refractivity contribution in [2.45, 2.75) is 57.5 Å². The van der Waals surface area contributed by atoms with Gasteiger partial charge >= 0.3 is 6.03 Å². The molecule has 1 aliphatic heterocycles. The van der Waals surface area contributed by atoms with Gasteiger partial charge in [-0.05, 0) is 44.4 Å². The van der Waals surface area contributed by atoms with Crippen LogP contribution in [0.4, 0.5) is 10.5 Å². The first-order chi connectivity index (χ1) is 14.7. The lowest BCUT2D eigenvalue weighted by atomic mass is 9.97. The third-order valence-corrected chi connectivity index (χ3v) is 6.30. The number of halogens is 2. The van der Waals surface area contributed by atoms with E-state index in [1.54, 1.807) is 12.1 Å². The first-order valence-electron chi connectivity index (χ1n) is 10.4. The van der Waals surface area contributed by atoms with Gasteiger partial charge in [-0.2, -0.15) is 0 Å². The van der Waals surface area contributed by atoms with Gasteiger partial charge in [-0.25, -0.2) is 9.69 Å². The van der Waals surface area contributed by atoms with Gasteiger partial charge in [0.1, 0.15) is 11.6 Å². The summed E-state index contributed by atoms with van der Waals surface area (Å²) in [4.78, 5) is 53.6. The summed E-state index contributed by atoms with van der Waals surface area (Å²) in [6.45, 7) is 3.45. The molecule has 1 aromatic rings. The highest BCUT2D eigenvalue weighted by molar-refractivity contribution is 6.35. The van der Waals surface area contributed by atoms with Gasteiger partial charge in [-0.1, -0.05) is 43.0 Å². The third-order valence-electron chi connectivity index (χ3n) is 5.74. The number of nitrogens with one attached hydrogen (secondary N) is 2. The number of carbonyl (C=O) groups is 4. The van der Waals surface area contributed by atoms with Crippen LogP contribution in [0, 0.1) is 0 Å². The van der Waals surface area contributed by atoms with Crippen LogP contribution in [0.5, 0.6) is 0 Å². The van der Waals surface area contributed by atoms with E-state index >= 15 is 0 Å². The summed E-state index contributed by atoms with van der Waals surface area (Å²) in [7, 11) is 0. The molecule has 31 heavy (non-hydrogen) atoms. The molecule has 1 saturated heterocycles. The second kappa shape index (κ2) is 9.44. The number of rotatable bonds is 7. The van der Waals surface area contributed by atoms with Crippen molar-refractivity contribution in [2.75, 3.05) is 18.4 Å². The SMILES string of the molecule is CCCN(CC(=O)Nc1cc(Cl)ccc1Cl)C(=O)C(C)N1C(=O)NC2(CCCC2)C1=O. The normalized spacial score (nSPS) is 18.3. The molecule has 0 bridgehead atoms. The molecule has 2 aliphatic rings. The van der Waals surface area contributed by atoms with Crippen LogP contribution in [0.2, 0.25) is 10.0 Å². The Balaban J connectivity index is 1.71. The molecular formula is C21H26Cl2N4O4. The fraction of sp³-hybridized carbons (Fsp3) is 0.524. The van der Waals surface area contributed by atoms with Gasteiger partial charge in [-0.3, -0.25) is 14.4 Å². The van der Waals surface area contributed by atoms with Crippen molar-refractivity contribution in [1.82, 2.24) is 15.1 Å². The van der Waals surface area contributed by atoms with Gasteiger partial charge in [0.2, 0.25) is 11.8 Å². The summed E-state index contributed by atoms with van der Waals surface area (Å²) in [6, 6.07) is 3.11. The number of hydrogen-bond acceptors (Lipinski definition) is 4. The van der Waals surface area contributed by atoms with E-state index < -0.39 is 29.4 Å². The van der Waals surface area contributed by atoms with Crippen LogP contribution in [-0.4, -0.2) is 58.2 Å². The zero-order chi connectivity index (χ0) is 22.8. The highest BCUT2D eigenvalue weighted by Crippen LogP contribution is 2.36. The second-order valence-electron chi connectivity index (χ2n) is 8.00. The molecular weight excluding hydrogens is 443 g/mol. The van der Waals surface area contributed by atoms with E-state index in [0.29, 0.717) is 41.5 Å². The van der Waals surface area contributed by atoms with Gasteiger partial charge in [0.15, 0.2) is 0 Å². The highest BCUT2D eigenvalue weighted by atomic mass is 35.5. The standard InChI is InChI=1S/C21H26Cl2N4O4/c1-3-10-26(12-17(28)24-16-11-14(22)6-7-15(16)23)18(29)13(2)27-19(30)21(25-20(27)31)8-4-5-9-21/h6-7,11,13H,3-5,8-10,12H2,1-2H3,(H,24,28)(H,25,31). The Kier molecular flexibility index (Phi) is 7.11. The van der Waals surface area contributed by atoms with Crippen LogP contribution in [0.3, 0.4) is 0 Å². The van der Waals surface area contributed by atoms with Crippen LogP contribution in [-0.2, 0) is 14.4 Å². The minimum atomic E-state index is -1.01. The first kappa shape index (κ1) is 23.3. The number of nitrogens with zero attached hydrogens (tertiary/aromatic N) is 2. The summed E-state index contributed by atoms with van der Waals surface area (Å²) < 4.78 is 0. The molecule has 2 N–H and O–H groups in total. The Morgan fingerprint density at radius 1 is 1.26 bits per heavy atom. The largest absolute Gasteiger partial charge is 0.332 e. The van der Waals surface area contributed by atoms with E-state index in [4.69, 9.17) is 23.2 Å². The number of imide groups is 1. The summed E-state index contributed by atoms with van der Waals surface area (Å²) in [5, 5.41) is 6.16. The zero-order valence-corrected chi connectivity index (χ0v) is 19.1. The minimum Gasteiger partial charge on any atom is -0.332 e. The van der Waals surface area contributed by atoms with Gasteiger partial charge in [0.05, 0.1) is 17.3 Å².